The predicted octanol–water partition coefficient (Wildman–Crippen LogP) is 1.03. The number of hydrogen-bond donors (Lipinski definition) is 4. The standard InChI is InChI=1S/C6H9NO2.C6H6O3/c1-3-5(2)6(9)7-4-8;7-4-2-1-3-5(8)6(4)9/h4H,2-3H2,1H3,(H,7,8,9);1-3,7-9H. The molecule has 0 unspecified atom stereocenters. The summed E-state index contributed by atoms with van der Waals surface area (Å²) < 4.78 is 0. The molecule has 0 aromatic heterocycles. The van der Waals surface area contributed by atoms with E-state index in [2.05, 4.69) is 6.58 Å². The van der Waals surface area contributed by atoms with Gasteiger partial charge in [0.05, 0.1) is 0 Å². The lowest BCUT2D eigenvalue weighted by atomic mass is 10.2. The van der Waals surface area contributed by atoms with Gasteiger partial charge in [0.15, 0.2) is 17.2 Å². The van der Waals surface area contributed by atoms with E-state index in [0.29, 0.717) is 18.4 Å². The number of phenols is 3. The Morgan fingerprint density at radius 3 is 2.17 bits per heavy atom. The highest BCUT2D eigenvalue weighted by Gasteiger charge is 2.01. The van der Waals surface area contributed by atoms with Crippen molar-refractivity contribution in [1.29, 1.82) is 0 Å². The van der Waals surface area contributed by atoms with E-state index in [9.17, 15) is 9.59 Å². The molecule has 6 nitrogen and oxygen atoms in total. The van der Waals surface area contributed by atoms with Gasteiger partial charge in [-0.3, -0.25) is 14.9 Å². The van der Waals surface area contributed by atoms with Gasteiger partial charge in [0, 0.05) is 5.57 Å². The van der Waals surface area contributed by atoms with Crippen LogP contribution in [0.2, 0.25) is 0 Å². The van der Waals surface area contributed by atoms with Crippen LogP contribution in [0, 0.1) is 0 Å². The van der Waals surface area contributed by atoms with E-state index in [1.54, 1.807) is 6.92 Å². The largest absolute Gasteiger partial charge is 0.504 e. The third-order valence-electron chi connectivity index (χ3n) is 1.93. The average molecular weight is 253 g/mol. The van der Waals surface area contributed by atoms with Gasteiger partial charge >= 0.3 is 0 Å². The van der Waals surface area contributed by atoms with Gasteiger partial charge in [-0.1, -0.05) is 19.6 Å². The first-order chi connectivity index (χ1) is 8.43. The smallest absolute Gasteiger partial charge is 0.252 e. The highest BCUT2D eigenvalue weighted by Crippen LogP contribution is 2.32. The Morgan fingerprint density at radius 1 is 1.33 bits per heavy atom. The molecular weight excluding hydrogens is 238 g/mol. The lowest BCUT2D eigenvalue weighted by Crippen LogP contribution is -2.22. The zero-order chi connectivity index (χ0) is 14.1. The average Bonchev–Trinajstić information content (AvgIpc) is 2.36. The Morgan fingerprint density at radius 2 is 1.83 bits per heavy atom. The van der Waals surface area contributed by atoms with Gasteiger partial charge in [-0.2, -0.15) is 0 Å². The highest BCUT2D eigenvalue weighted by atomic mass is 16.3. The first-order valence-electron chi connectivity index (χ1n) is 5.06. The van der Waals surface area contributed by atoms with Gasteiger partial charge in [-0.05, 0) is 18.6 Å². The van der Waals surface area contributed by atoms with E-state index in [0.717, 1.165) is 0 Å². The summed E-state index contributed by atoms with van der Waals surface area (Å²) in [6.45, 7) is 5.22. The van der Waals surface area contributed by atoms with Crippen molar-refractivity contribution in [3.05, 3.63) is 30.4 Å². The molecule has 1 rings (SSSR count). The second-order valence-electron chi connectivity index (χ2n) is 3.19. The van der Waals surface area contributed by atoms with E-state index < -0.39 is 11.7 Å². The zero-order valence-corrected chi connectivity index (χ0v) is 9.88. The van der Waals surface area contributed by atoms with E-state index in [1.165, 1.54) is 18.2 Å². The zero-order valence-electron chi connectivity index (χ0n) is 9.88. The molecule has 98 valence electrons. The second kappa shape index (κ2) is 7.72. The molecule has 0 spiro atoms. The Bertz CT molecular complexity index is 422. The minimum absolute atomic E-state index is 0.310. The van der Waals surface area contributed by atoms with Crippen LogP contribution in [0.25, 0.3) is 0 Å². The minimum atomic E-state index is -0.475. The van der Waals surface area contributed by atoms with E-state index in [4.69, 9.17) is 15.3 Å². The van der Waals surface area contributed by atoms with E-state index >= 15 is 0 Å². The van der Waals surface area contributed by atoms with Crippen molar-refractivity contribution in [1.82, 2.24) is 5.32 Å². The number of rotatable bonds is 3. The number of phenolic OH excluding ortho intramolecular Hbond substituents is 3. The fourth-order valence-corrected chi connectivity index (χ4v) is 0.836. The number of carbonyl (C=O) groups excluding carboxylic acids is 2. The fraction of sp³-hybridized carbons (Fsp3) is 0.167. The van der Waals surface area contributed by atoms with Crippen LogP contribution < -0.4 is 5.32 Å². The molecule has 0 radical (unpaired) electrons. The number of carbonyl (C=O) groups is 2. The van der Waals surface area contributed by atoms with Crippen molar-refractivity contribution >= 4 is 12.3 Å². The Hall–Kier alpha value is -2.50. The van der Waals surface area contributed by atoms with Crippen LogP contribution in [0.3, 0.4) is 0 Å². The number of amides is 2. The molecule has 6 heteroatoms. The SMILES string of the molecule is C=C(CC)C(=O)NC=O.Oc1cccc(O)c1O. The fourth-order valence-electron chi connectivity index (χ4n) is 0.836. The van der Waals surface area contributed by atoms with Gasteiger partial charge in [0.1, 0.15) is 0 Å². The van der Waals surface area contributed by atoms with Crippen LogP contribution in [0.1, 0.15) is 13.3 Å². The van der Waals surface area contributed by atoms with Crippen molar-refractivity contribution in [3.63, 3.8) is 0 Å². The quantitative estimate of drug-likeness (QED) is 0.365. The normalized spacial score (nSPS) is 8.72. The van der Waals surface area contributed by atoms with Crippen LogP contribution in [0.4, 0.5) is 0 Å². The molecule has 0 aliphatic heterocycles. The summed E-state index contributed by atoms with van der Waals surface area (Å²) in [5, 5.41) is 28.1. The third-order valence-corrected chi connectivity index (χ3v) is 1.93. The lowest BCUT2D eigenvalue weighted by molar-refractivity contribution is -0.122. The van der Waals surface area contributed by atoms with Crippen LogP contribution >= 0.6 is 0 Å². The summed E-state index contributed by atoms with van der Waals surface area (Å²) in [6.07, 6.45) is 0.919. The van der Waals surface area contributed by atoms with E-state index in [-0.39, 0.29) is 11.5 Å². The molecule has 0 aliphatic rings. The topological polar surface area (TPSA) is 107 Å². The van der Waals surface area contributed by atoms with Gasteiger partial charge in [-0.15, -0.1) is 0 Å². The molecule has 2 amide bonds. The van der Waals surface area contributed by atoms with Crippen molar-refractivity contribution < 1.29 is 24.9 Å². The molecule has 0 aliphatic carbocycles. The molecule has 1 aromatic rings. The van der Waals surface area contributed by atoms with Crippen LogP contribution in [0.15, 0.2) is 30.4 Å². The second-order valence-corrected chi connectivity index (χ2v) is 3.19. The maximum absolute atomic E-state index is 10.5. The van der Waals surface area contributed by atoms with Gasteiger partial charge in [0.2, 0.25) is 6.41 Å². The monoisotopic (exact) mass is 253 g/mol. The molecule has 0 atom stereocenters. The van der Waals surface area contributed by atoms with Gasteiger partial charge in [0.25, 0.3) is 5.91 Å². The molecule has 18 heavy (non-hydrogen) atoms. The molecule has 0 fully saturated rings. The van der Waals surface area contributed by atoms with Gasteiger partial charge < -0.3 is 15.3 Å². The number of imide groups is 1. The molecule has 0 saturated heterocycles. The Kier molecular flexibility index (Phi) is 6.65. The summed E-state index contributed by atoms with van der Waals surface area (Å²) in [4.78, 5) is 20.2. The molecule has 0 saturated carbocycles. The lowest BCUT2D eigenvalue weighted by Gasteiger charge is -1.96. The molecule has 1 aromatic carbocycles. The summed E-state index contributed by atoms with van der Waals surface area (Å²) in [7, 11) is 0. The first kappa shape index (κ1) is 15.5. The first-order valence-corrected chi connectivity index (χ1v) is 5.06. The minimum Gasteiger partial charge on any atom is -0.504 e. The number of hydrogen-bond acceptors (Lipinski definition) is 5. The summed E-state index contributed by atoms with van der Waals surface area (Å²) in [5.41, 5.74) is 0.419. The highest BCUT2D eigenvalue weighted by molar-refractivity contribution is 5.98. The molecular formula is C12H15NO5. The van der Waals surface area contributed by atoms with Crippen LogP contribution in [-0.4, -0.2) is 27.6 Å². The van der Waals surface area contributed by atoms with Crippen LogP contribution in [-0.2, 0) is 9.59 Å². The number of para-hydroxylation sites is 1. The maximum Gasteiger partial charge on any atom is 0.252 e. The van der Waals surface area contributed by atoms with Crippen molar-refractivity contribution in [2.24, 2.45) is 0 Å². The van der Waals surface area contributed by atoms with Crippen molar-refractivity contribution in [2.45, 2.75) is 13.3 Å². The van der Waals surface area contributed by atoms with Gasteiger partial charge in [-0.25, -0.2) is 0 Å². The summed E-state index contributed by atoms with van der Waals surface area (Å²) >= 11 is 0. The maximum atomic E-state index is 10.5. The van der Waals surface area contributed by atoms with Crippen molar-refractivity contribution in [2.75, 3.05) is 0 Å². The van der Waals surface area contributed by atoms with E-state index in [1.807, 2.05) is 5.32 Å². The Labute approximate surface area is 104 Å². The Balaban J connectivity index is 0.000000321. The molecule has 0 heterocycles. The van der Waals surface area contributed by atoms with Crippen LogP contribution in [0.5, 0.6) is 17.2 Å². The third kappa shape index (κ3) is 5.02. The summed E-state index contributed by atoms with van der Waals surface area (Å²) in [5.74, 6) is -1.49. The predicted molar refractivity (Wildman–Crippen MR) is 65.1 cm³/mol. The molecule has 4 N–H and O–H groups in total. The number of benzene rings is 1. The summed E-state index contributed by atoms with van der Waals surface area (Å²) in [6, 6.07) is 4.01. The molecule has 0 bridgehead atoms. The number of aromatic hydroxyl groups is 3. The number of nitrogens with one attached hydrogen (secondary N) is 1. The van der Waals surface area contributed by atoms with Crippen molar-refractivity contribution in [3.8, 4) is 17.2 Å².